The lowest BCUT2D eigenvalue weighted by Gasteiger charge is -2.39. The van der Waals surface area contributed by atoms with Crippen molar-refractivity contribution >= 4 is 11.8 Å². The van der Waals surface area contributed by atoms with Crippen LogP contribution in [0, 0.1) is 0 Å². The molecule has 1 fully saturated rings. The van der Waals surface area contributed by atoms with E-state index in [0.717, 1.165) is 5.69 Å². The number of rotatable bonds is 1. The van der Waals surface area contributed by atoms with E-state index in [4.69, 9.17) is 10.5 Å². The number of hydrogen-bond donors (Lipinski definition) is 2. The molecular formula is C11H18N4O2. The zero-order valence-corrected chi connectivity index (χ0v) is 10.4. The summed E-state index contributed by atoms with van der Waals surface area (Å²) in [6.07, 6.45) is 1.32. The van der Waals surface area contributed by atoms with E-state index in [1.807, 2.05) is 20.8 Å². The van der Waals surface area contributed by atoms with Crippen LogP contribution in [0.25, 0.3) is 0 Å². The predicted octanol–water partition coefficient (Wildman–Crippen LogP) is 1.33. The van der Waals surface area contributed by atoms with Crippen LogP contribution in [0.2, 0.25) is 0 Å². The Morgan fingerprint density at radius 2 is 2.24 bits per heavy atom. The van der Waals surface area contributed by atoms with Crippen LogP contribution in [0.5, 0.6) is 0 Å². The van der Waals surface area contributed by atoms with Crippen LogP contribution in [0.1, 0.15) is 32.4 Å². The van der Waals surface area contributed by atoms with E-state index in [1.54, 1.807) is 11.1 Å². The molecule has 0 aliphatic carbocycles. The summed E-state index contributed by atoms with van der Waals surface area (Å²) < 4.78 is 5.27. The van der Waals surface area contributed by atoms with Gasteiger partial charge in [-0.25, -0.2) is 4.79 Å². The third kappa shape index (κ3) is 2.51. The van der Waals surface area contributed by atoms with E-state index in [1.165, 1.54) is 0 Å². The first-order valence-corrected chi connectivity index (χ1v) is 5.63. The summed E-state index contributed by atoms with van der Waals surface area (Å²) >= 11 is 0. The Morgan fingerprint density at radius 3 is 2.71 bits per heavy atom. The van der Waals surface area contributed by atoms with Crippen molar-refractivity contribution in [1.29, 1.82) is 0 Å². The van der Waals surface area contributed by atoms with Gasteiger partial charge in [0.05, 0.1) is 17.6 Å². The van der Waals surface area contributed by atoms with Crippen LogP contribution in [-0.2, 0) is 4.74 Å². The fourth-order valence-corrected chi connectivity index (χ4v) is 1.77. The number of nitrogen functional groups attached to an aromatic ring is 1. The van der Waals surface area contributed by atoms with Gasteiger partial charge < -0.3 is 15.4 Å². The first kappa shape index (κ1) is 11.8. The molecule has 0 atom stereocenters. The van der Waals surface area contributed by atoms with Gasteiger partial charge in [-0.1, -0.05) is 0 Å². The molecule has 1 aromatic rings. The fraction of sp³-hybridized carbons (Fsp3) is 0.636. The van der Waals surface area contributed by atoms with Crippen LogP contribution in [-0.4, -0.2) is 39.9 Å². The lowest BCUT2D eigenvalue weighted by molar-refractivity contribution is 0.00792. The highest BCUT2D eigenvalue weighted by molar-refractivity contribution is 5.69. The SMILES string of the molecule is CC(C)(C)OC(=O)N1CC(c2[nH]ncc2N)C1. The Bertz CT molecular complexity index is 415. The minimum absolute atomic E-state index is 0.241. The maximum absolute atomic E-state index is 11.7. The van der Waals surface area contributed by atoms with Crippen LogP contribution >= 0.6 is 0 Å². The molecule has 6 heteroatoms. The summed E-state index contributed by atoms with van der Waals surface area (Å²) in [6, 6.07) is 0. The quantitative estimate of drug-likeness (QED) is 0.773. The molecular weight excluding hydrogens is 220 g/mol. The Labute approximate surface area is 100 Å². The highest BCUT2D eigenvalue weighted by Gasteiger charge is 2.36. The van der Waals surface area contributed by atoms with Crippen molar-refractivity contribution in [2.24, 2.45) is 0 Å². The highest BCUT2D eigenvalue weighted by Crippen LogP contribution is 2.29. The molecule has 2 rings (SSSR count). The molecule has 1 saturated heterocycles. The average molecular weight is 238 g/mol. The number of H-pyrrole nitrogens is 1. The molecule has 6 nitrogen and oxygen atoms in total. The Hall–Kier alpha value is -1.72. The number of amides is 1. The van der Waals surface area contributed by atoms with Gasteiger partial charge in [-0.15, -0.1) is 0 Å². The molecule has 1 amide bonds. The number of hydrogen-bond acceptors (Lipinski definition) is 4. The molecule has 1 aliphatic heterocycles. The molecule has 1 aliphatic rings. The average Bonchev–Trinajstić information content (AvgIpc) is 2.46. The summed E-state index contributed by atoms with van der Waals surface area (Å²) in [5.74, 6) is 0.241. The van der Waals surface area contributed by atoms with Gasteiger partial charge in [-0.2, -0.15) is 5.10 Å². The summed E-state index contributed by atoms with van der Waals surface area (Å²) in [6.45, 7) is 6.82. The Morgan fingerprint density at radius 1 is 1.59 bits per heavy atom. The third-order valence-electron chi connectivity index (χ3n) is 2.64. The zero-order chi connectivity index (χ0) is 12.6. The number of likely N-dealkylation sites (tertiary alicyclic amines) is 1. The lowest BCUT2D eigenvalue weighted by atomic mass is 9.96. The maximum atomic E-state index is 11.7. The first-order chi connectivity index (χ1) is 7.87. The lowest BCUT2D eigenvalue weighted by Crippen LogP contribution is -2.50. The highest BCUT2D eigenvalue weighted by atomic mass is 16.6. The largest absolute Gasteiger partial charge is 0.444 e. The summed E-state index contributed by atoms with van der Waals surface area (Å²) in [5, 5.41) is 6.73. The number of nitrogens with zero attached hydrogens (tertiary/aromatic N) is 2. The third-order valence-corrected chi connectivity index (χ3v) is 2.64. The Balaban J connectivity index is 1.87. The topological polar surface area (TPSA) is 84.2 Å². The van der Waals surface area contributed by atoms with Gasteiger partial charge in [-0.05, 0) is 20.8 Å². The van der Waals surface area contributed by atoms with Gasteiger partial charge in [0.2, 0.25) is 0 Å². The second-order valence-electron chi connectivity index (χ2n) is 5.32. The second kappa shape index (κ2) is 3.94. The van der Waals surface area contributed by atoms with Crippen LogP contribution in [0.3, 0.4) is 0 Å². The van der Waals surface area contributed by atoms with E-state index in [9.17, 15) is 4.79 Å². The summed E-state index contributed by atoms with van der Waals surface area (Å²) in [7, 11) is 0. The number of aromatic amines is 1. The fourth-order valence-electron chi connectivity index (χ4n) is 1.77. The van der Waals surface area contributed by atoms with E-state index < -0.39 is 5.60 Å². The molecule has 17 heavy (non-hydrogen) atoms. The smallest absolute Gasteiger partial charge is 0.410 e. The van der Waals surface area contributed by atoms with Gasteiger partial charge in [-0.3, -0.25) is 5.10 Å². The molecule has 2 heterocycles. The number of nitrogens with two attached hydrogens (primary N) is 1. The molecule has 94 valence electrons. The molecule has 0 aromatic carbocycles. The zero-order valence-electron chi connectivity index (χ0n) is 10.4. The van der Waals surface area contributed by atoms with Crippen LogP contribution < -0.4 is 5.73 Å². The number of anilines is 1. The summed E-state index contributed by atoms with van der Waals surface area (Å²) in [4.78, 5) is 13.4. The predicted molar refractivity (Wildman–Crippen MR) is 63.5 cm³/mol. The van der Waals surface area contributed by atoms with Crippen molar-refractivity contribution in [3.8, 4) is 0 Å². The van der Waals surface area contributed by atoms with Crippen molar-refractivity contribution in [3.63, 3.8) is 0 Å². The number of nitrogens with one attached hydrogen (secondary N) is 1. The minimum Gasteiger partial charge on any atom is -0.444 e. The molecule has 0 spiro atoms. The number of ether oxygens (including phenoxy) is 1. The van der Waals surface area contributed by atoms with Crippen molar-refractivity contribution in [3.05, 3.63) is 11.9 Å². The standard InChI is InChI=1S/C11H18N4O2/c1-11(2,3)17-10(16)15-5-7(6-15)9-8(12)4-13-14-9/h4,7H,5-6,12H2,1-3H3,(H,13,14). The molecule has 1 aromatic heterocycles. The molecule has 3 N–H and O–H groups in total. The minimum atomic E-state index is -0.449. The van der Waals surface area contributed by atoms with Crippen molar-refractivity contribution in [1.82, 2.24) is 15.1 Å². The monoisotopic (exact) mass is 238 g/mol. The van der Waals surface area contributed by atoms with Gasteiger partial charge in [0, 0.05) is 19.0 Å². The van der Waals surface area contributed by atoms with Gasteiger partial charge in [0.1, 0.15) is 5.60 Å². The van der Waals surface area contributed by atoms with E-state index in [-0.39, 0.29) is 12.0 Å². The molecule has 0 saturated carbocycles. The van der Waals surface area contributed by atoms with Gasteiger partial charge >= 0.3 is 6.09 Å². The maximum Gasteiger partial charge on any atom is 0.410 e. The van der Waals surface area contributed by atoms with Crippen LogP contribution in [0.4, 0.5) is 10.5 Å². The number of aromatic nitrogens is 2. The molecule has 0 unspecified atom stereocenters. The van der Waals surface area contributed by atoms with Crippen molar-refractivity contribution in [2.75, 3.05) is 18.8 Å². The van der Waals surface area contributed by atoms with E-state index >= 15 is 0 Å². The number of carbonyl (C=O) groups is 1. The van der Waals surface area contributed by atoms with Crippen molar-refractivity contribution < 1.29 is 9.53 Å². The normalized spacial score (nSPS) is 16.8. The van der Waals surface area contributed by atoms with Crippen molar-refractivity contribution in [2.45, 2.75) is 32.3 Å². The van der Waals surface area contributed by atoms with Gasteiger partial charge in [0.15, 0.2) is 0 Å². The van der Waals surface area contributed by atoms with Gasteiger partial charge in [0.25, 0.3) is 0 Å². The Kier molecular flexibility index (Phi) is 2.73. The van der Waals surface area contributed by atoms with E-state index in [2.05, 4.69) is 10.2 Å². The second-order valence-corrected chi connectivity index (χ2v) is 5.32. The number of carbonyl (C=O) groups excluding carboxylic acids is 1. The van der Waals surface area contributed by atoms with E-state index in [0.29, 0.717) is 18.8 Å². The van der Waals surface area contributed by atoms with Crippen LogP contribution in [0.15, 0.2) is 6.20 Å². The summed E-state index contributed by atoms with van der Waals surface area (Å²) in [5.41, 5.74) is 6.86. The molecule has 0 bridgehead atoms. The first-order valence-electron chi connectivity index (χ1n) is 5.63. The molecule has 0 radical (unpaired) electrons.